The monoisotopic (exact) mass is 584 g/mol. The second-order valence-electron chi connectivity index (χ2n) is 12.3. The van der Waals surface area contributed by atoms with Crippen LogP contribution >= 0.6 is 0 Å². The van der Waals surface area contributed by atoms with Crippen LogP contribution < -0.4 is 0 Å². The number of nitrogens with one attached hydrogen (secondary N) is 1. The molecule has 46 heavy (non-hydrogen) atoms. The van der Waals surface area contributed by atoms with E-state index in [1.165, 1.54) is 87.4 Å². The maximum Gasteiger partial charge on any atom is 0.0547 e. The molecule has 2 aromatic heterocycles. The number of fused-ring (bicyclic) bond motifs is 9. The zero-order valence-corrected chi connectivity index (χ0v) is 25.0. The second kappa shape index (κ2) is 9.69. The van der Waals surface area contributed by atoms with Crippen LogP contribution in [-0.2, 0) is 0 Å². The van der Waals surface area contributed by atoms with Crippen molar-refractivity contribution in [3.8, 4) is 27.9 Å². The summed E-state index contributed by atoms with van der Waals surface area (Å²) < 4.78 is 2.42. The van der Waals surface area contributed by atoms with Crippen LogP contribution in [-0.4, -0.2) is 9.55 Å². The lowest BCUT2D eigenvalue weighted by atomic mass is 9.99. The lowest BCUT2D eigenvalue weighted by Gasteiger charge is -2.11. The van der Waals surface area contributed by atoms with E-state index >= 15 is 0 Å². The van der Waals surface area contributed by atoms with Crippen LogP contribution in [0, 0.1) is 0 Å². The maximum atomic E-state index is 3.57. The van der Waals surface area contributed by atoms with Gasteiger partial charge in [0.25, 0.3) is 0 Å². The molecule has 0 saturated heterocycles. The number of rotatable bonds is 3. The quantitative estimate of drug-likeness (QED) is 0.213. The SMILES string of the molecule is c1ccc2cc(-c3ccc(-n4c5ccc(-c6ccc7[nH]c8ccccc8c7c6)cc5c5c6ccccc6ccc54)cc3)ccc2c1. The van der Waals surface area contributed by atoms with Gasteiger partial charge in [0.05, 0.1) is 11.0 Å². The van der Waals surface area contributed by atoms with E-state index in [2.05, 4.69) is 173 Å². The van der Waals surface area contributed by atoms with Crippen LogP contribution in [0.25, 0.3) is 93.1 Å². The number of benzene rings is 8. The Morgan fingerprint density at radius 2 is 0.935 bits per heavy atom. The van der Waals surface area contributed by atoms with Crippen molar-refractivity contribution in [1.29, 1.82) is 0 Å². The zero-order valence-electron chi connectivity index (χ0n) is 25.0. The predicted molar refractivity (Wildman–Crippen MR) is 196 cm³/mol. The lowest BCUT2D eigenvalue weighted by molar-refractivity contribution is 1.18. The van der Waals surface area contributed by atoms with Crippen LogP contribution in [0.5, 0.6) is 0 Å². The van der Waals surface area contributed by atoms with Gasteiger partial charge in [-0.3, -0.25) is 0 Å². The summed E-state index contributed by atoms with van der Waals surface area (Å²) in [5, 5.41) is 10.1. The summed E-state index contributed by atoms with van der Waals surface area (Å²) in [7, 11) is 0. The van der Waals surface area contributed by atoms with E-state index in [4.69, 9.17) is 0 Å². The minimum absolute atomic E-state index is 1.16. The molecule has 2 heterocycles. The normalized spacial score (nSPS) is 11.9. The first-order valence-electron chi connectivity index (χ1n) is 15.8. The Hall–Kier alpha value is -6.12. The number of nitrogens with zero attached hydrogens (tertiary/aromatic N) is 1. The van der Waals surface area contributed by atoms with Crippen molar-refractivity contribution < 1.29 is 0 Å². The molecule has 0 saturated carbocycles. The lowest BCUT2D eigenvalue weighted by Crippen LogP contribution is -1.94. The second-order valence-corrected chi connectivity index (χ2v) is 12.3. The maximum absolute atomic E-state index is 3.57. The fourth-order valence-electron chi connectivity index (χ4n) is 7.45. The molecule has 0 radical (unpaired) electrons. The molecule has 0 spiro atoms. The average Bonchev–Trinajstić information content (AvgIpc) is 3.66. The molecule has 0 amide bonds. The van der Waals surface area contributed by atoms with Crippen LogP contribution in [0.4, 0.5) is 0 Å². The fraction of sp³-hybridized carbons (Fsp3) is 0. The summed E-state index contributed by atoms with van der Waals surface area (Å²) in [6.07, 6.45) is 0. The van der Waals surface area contributed by atoms with Crippen molar-refractivity contribution in [2.75, 3.05) is 0 Å². The van der Waals surface area contributed by atoms with Crippen molar-refractivity contribution in [3.63, 3.8) is 0 Å². The van der Waals surface area contributed by atoms with E-state index in [0.29, 0.717) is 0 Å². The minimum atomic E-state index is 1.16. The van der Waals surface area contributed by atoms with E-state index in [0.717, 1.165) is 5.69 Å². The Balaban J connectivity index is 1.16. The van der Waals surface area contributed by atoms with Crippen LogP contribution in [0.2, 0.25) is 0 Å². The highest BCUT2D eigenvalue weighted by Gasteiger charge is 2.16. The highest BCUT2D eigenvalue weighted by atomic mass is 15.0. The van der Waals surface area contributed by atoms with Gasteiger partial charge in [0.15, 0.2) is 0 Å². The first-order chi connectivity index (χ1) is 22.8. The van der Waals surface area contributed by atoms with E-state index in [1.807, 2.05) is 0 Å². The van der Waals surface area contributed by atoms with E-state index in [1.54, 1.807) is 0 Å². The standard InChI is InChI=1S/C44H28N2/c1-2-9-31-25-32(14-13-28(31)7-1)29-15-20-35(21-16-29)46-42-23-19-34(27-39(42)44-36-10-4-3-8-30(36)18-24-43(44)46)33-17-22-41-38(26-33)37-11-5-6-12-40(37)45-41/h1-27,45H. The largest absolute Gasteiger partial charge is 0.355 e. The summed E-state index contributed by atoms with van der Waals surface area (Å²) in [5.41, 5.74) is 10.8. The molecule has 0 fully saturated rings. The molecule has 0 bridgehead atoms. The number of aromatic amines is 1. The van der Waals surface area contributed by atoms with E-state index in [9.17, 15) is 0 Å². The van der Waals surface area contributed by atoms with Crippen molar-refractivity contribution in [2.45, 2.75) is 0 Å². The first-order valence-corrected chi connectivity index (χ1v) is 15.8. The summed E-state index contributed by atoms with van der Waals surface area (Å²) >= 11 is 0. The molecule has 10 rings (SSSR count). The molecule has 0 atom stereocenters. The smallest absolute Gasteiger partial charge is 0.0547 e. The summed E-state index contributed by atoms with van der Waals surface area (Å²) in [6.45, 7) is 0. The van der Waals surface area contributed by atoms with Gasteiger partial charge in [0.2, 0.25) is 0 Å². The van der Waals surface area contributed by atoms with Gasteiger partial charge in [-0.25, -0.2) is 0 Å². The molecule has 214 valence electrons. The van der Waals surface area contributed by atoms with Gasteiger partial charge in [0.1, 0.15) is 0 Å². The topological polar surface area (TPSA) is 20.7 Å². The van der Waals surface area contributed by atoms with Gasteiger partial charge in [-0.1, -0.05) is 109 Å². The van der Waals surface area contributed by atoms with Gasteiger partial charge >= 0.3 is 0 Å². The third kappa shape index (κ3) is 3.77. The summed E-state index contributed by atoms with van der Waals surface area (Å²) in [5.74, 6) is 0. The van der Waals surface area contributed by atoms with E-state index in [-0.39, 0.29) is 0 Å². The molecular formula is C44H28N2. The molecule has 2 nitrogen and oxygen atoms in total. The van der Waals surface area contributed by atoms with Gasteiger partial charge in [-0.15, -0.1) is 0 Å². The van der Waals surface area contributed by atoms with Crippen molar-refractivity contribution >= 4 is 65.2 Å². The zero-order chi connectivity index (χ0) is 30.2. The van der Waals surface area contributed by atoms with Crippen LogP contribution in [0.1, 0.15) is 0 Å². The van der Waals surface area contributed by atoms with E-state index < -0.39 is 0 Å². The Morgan fingerprint density at radius 1 is 0.348 bits per heavy atom. The summed E-state index contributed by atoms with van der Waals surface area (Å²) in [4.78, 5) is 3.57. The number of hydrogen-bond acceptors (Lipinski definition) is 0. The number of aromatic nitrogens is 2. The Labute approximate surface area is 265 Å². The van der Waals surface area contributed by atoms with Gasteiger partial charge in [-0.2, -0.15) is 0 Å². The molecule has 10 aromatic rings. The molecule has 0 aliphatic heterocycles. The highest BCUT2D eigenvalue weighted by molar-refractivity contribution is 6.22. The van der Waals surface area contributed by atoms with Crippen molar-refractivity contribution in [2.24, 2.45) is 0 Å². The Morgan fingerprint density at radius 3 is 1.80 bits per heavy atom. The Bertz CT molecular complexity index is 2790. The van der Waals surface area contributed by atoms with Crippen molar-refractivity contribution in [1.82, 2.24) is 9.55 Å². The van der Waals surface area contributed by atoms with Crippen LogP contribution in [0.3, 0.4) is 0 Å². The van der Waals surface area contributed by atoms with Gasteiger partial charge in [0, 0.05) is 38.3 Å². The molecule has 1 N–H and O–H groups in total. The number of hydrogen-bond donors (Lipinski definition) is 1. The minimum Gasteiger partial charge on any atom is -0.355 e. The molecule has 8 aromatic carbocycles. The summed E-state index contributed by atoms with van der Waals surface area (Å²) in [6, 6.07) is 59.9. The number of para-hydroxylation sites is 1. The third-order valence-electron chi connectivity index (χ3n) is 9.70. The molecule has 0 unspecified atom stereocenters. The van der Waals surface area contributed by atoms with Gasteiger partial charge in [-0.05, 0) is 98.4 Å². The molecule has 0 aliphatic carbocycles. The van der Waals surface area contributed by atoms with Gasteiger partial charge < -0.3 is 9.55 Å². The number of H-pyrrole nitrogens is 1. The van der Waals surface area contributed by atoms with Crippen molar-refractivity contribution in [3.05, 3.63) is 164 Å². The third-order valence-corrected chi connectivity index (χ3v) is 9.70. The molecule has 2 heteroatoms. The Kier molecular flexibility index (Phi) is 5.31. The molecule has 0 aliphatic rings. The van der Waals surface area contributed by atoms with Crippen LogP contribution in [0.15, 0.2) is 164 Å². The average molecular weight is 585 g/mol. The fourth-order valence-corrected chi connectivity index (χ4v) is 7.45. The predicted octanol–water partition coefficient (Wildman–Crippen LogP) is 12.1. The highest BCUT2D eigenvalue weighted by Crippen LogP contribution is 2.40. The molecular weight excluding hydrogens is 556 g/mol. The first kappa shape index (κ1) is 25.2.